The summed E-state index contributed by atoms with van der Waals surface area (Å²) in [6.07, 6.45) is 0. The molecule has 1 aromatic heterocycles. The molecule has 0 aliphatic heterocycles. The predicted molar refractivity (Wildman–Crippen MR) is 253 cm³/mol. The quantitative estimate of drug-likeness (QED) is 0.167. The zero-order valence-corrected chi connectivity index (χ0v) is 34.1. The number of rotatable bonds is 6. The average molecular weight is 783 g/mol. The smallest absolute Gasteiger partial charge is 0.137 e. The molecule has 0 amide bonds. The van der Waals surface area contributed by atoms with Crippen LogP contribution in [0.5, 0.6) is 0 Å². The maximum absolute atomic E-state index is 6.51. The van der Waals surface area contributed by atoms with Gasteiger partial charge in [-0.3, -0.25) is 0 Å². The van der Waals surface area contributed by atoms with Crippen LogP contribution >= 0.6 is 0 Å². The number of para-hydroxylation sites is 3. The first-order chi connectivity index (χ1) is 30.0. The lowest BCUT2D eigenvalue weighted by molar-refractivity contribution is 0.563. The molecule has 1 heterocycles. The molecule has 290 valence electrons. The first-order valence-electron chi connectivity index (χ1n) is 21.2. The molecule has 10 aromatic rings. The lowest BCUT2D eigenvalue weighted by Crippen LogP contribution is -2.40. The third kappa shape index (κ3) is 5.17. The lowest BCUT2D eigenvalue weighted by atomic mass is 9.55. The Morgan fingerprint density at radius 1 is 0.311 bits per heavy atom. The zero-order chi connectivity index (χ0) is 40.7. The van der Waals surface area contributed by atoms with Crippen LogP contribution < -0.4 is 9.80 Å². The van der Waals surface area contributed by atoms with Crippen molar-refractivity contribution >= 4 is 56.1 Å². The Bertz CT molecular complexity index is 3200. The minimum atomic E-state index is -0.453. The molecule has 0 radical (unpaired) electrons. The second kappa shape index (κ2) is 13.5. The van der Waals surface area contributed by atoms with Gasteiger partial charge in [0, 0.05) is 56.4 Å². The lowest BCUT2D eigenvalue weighted by Gasteiger charge is -2.46. The number of hydrogen-bond acceptors (Lipinski definition) is 3. The van der Waals surface area contributed by atoms with Gasteiger partial charge in [0.25, 0.3) is 0 Å². The summed E-state index contributed by atoms with van der Waals surface area (Å²) in [5, 5.41) is 2.23. The van der Waals surface area contributed by atoms with Crippen molar-refractivity contribution in [2.75, 3.05) is 9.80 Å². The van der Waals surface area contributed by atoms with Gasteiger partial charge in [0.15, 0.2) is 0 Å². The van der Waals surface area contributed by atoms with Gasteiger partial charge >= 0.3 is 0 Å². The molecule has 0 N–H and O–H groups in total. The van der Waals surface area contributed by atoms with Crippen LogP contribution in [0.1, 0.15) is 47.2 Å². The topological polar surface area (TPSA) is 19.6 Å². The van der Waals surface area contributed by atoms with Crippen LogP contribution in [0, 0.1) is 0 Å². The van der Waals surface area contributed by atoms with Gasteiger partial charge in [0.1, 0.15) is 11.2 Å². The molecular weight excluding hydrogens is 741 g/mol. The number of hydrogen-bond donors (Lipinski definition) is 0. The summed E-state index contributed by atoms with van der Waals surface area (Å²) in [7, 11) is 0. The van der Waals surface area contributed by atoms with Crippen molar-refractivity contribution in [2.45, 2.75) is 24.7 Å². The highest BCUT2D eigenvalue weighted by Crippen LogP contribution is 2.62. The van der Waals surface area contributed by atoms with Crippen molar-refractivity contribution in [3.63, 3.8) is 0 Å². The summed E-state index contributed by atoms with van der Waals surface area (Å²) in [4.78, 5) is 4.69. The van der Waals surface area contributed by atoms with Crippen LogP contribution in [0.15, 0.2) is 223 Å². The van der Waals surface area contributed by atoms with Crippen molar-refractivity contribution in [1.29, 1.82) is 0 Å². The summed E-state index contributed by atoms with van der Waals surface area (Å²) in [6, 6.07) is 79.6. The molecule has 1 spiro atoms. The van der Waals surface area contributed by atoms with E-state index < -0.39 is 5.41 Å². The molecular formula is C58H42N2O. The summed E-state index contributed by atoms with van der Waals surface area (Å²) < 4.78 is 6.51. The van der Waals surface area contributed by atoms with Gasteiger partial charge < -0.3 is 14.2 Å². The van der Waals surface area contributed by atoms with E-state index in [1.54, 1.807) is 0 Å². The Morgan fingerprint density at radius 2 is 0.738 bits per heavy atom. The van der Waals surface area contributed by atoms with E-state index in [1.165, 1.54) is 44.5 Å². The molecule has 0 fully saturated rings. The van der Waals surface area contributed by atoms with Gasteiger partial charge in [0.05, 0.1) is 5.41 Å². The van der Waals surface area contributed by atoms with E-state index in [-0.39, 0.29) is 5.41 Å². The second-order valence-electron chi connectivity index (χ2n) is 16.9. The number of fused-ring (bicyclic) bond motifs is 12. The van der Waals surface area contributed by atoms with E-state index in [2.05, 4.69) is 230 Å². The largest absolute Gasteiger partial charge is 0.456 e. The highest BCUT2D eigenvalue weighted by atomic mass is 16.3. The first kappa shape index (κ1) is 35.3. The summed E-state index contributed by atoms with van der Waals surface area (Å²) >= 11 is 0. The van der Waals surface area contributed by atoms with Gasteiger partial charge in [-0.05, 0) is 123 Å². The van der Waals surface area contributed by atoms with E-state index >= 15 is 0 Å². The first-order valence-corrected chi connectivity index (χ1v) is 21.2. The van der Waals surface area contributed by atoms with Gasteiger partial charge in [-0.1, -0.05) is 147 Å². The van der Waals surface area contributed by atoms with Crippen molar-refractivity contribution in [1.82, 2.24) is 0 Å². The Balaban J connectivity index is 1.07. The van der Waals surface area contributed by atoms with E-state index in [9.17, 15) is 0 Å². The molecule has 2 aliphatic rings. The fourth-order valence-corrected chi connectivity index (χ4v) is 10.6. The van der Waals surface area contributed by atoms with Crippen LogP contribution in [-0.2, 0) is 10.8 Å². The third-order valence-electron chi connectivity index (χ3n) is 13.3. The van der Waals surface area contributed by atoms with Crippen LogP contribution in [0.25, 0.3) is 33.1 Å². The van der Waals surface area contributed by atoms with Gasteiger partial charge in [-0.2, -0.15) is 0 Å². The molecule has 2 aliphatic carbocycles. The van der Waals surface area contributed by atoms with Crippen molar-refractivity contribution in [3.8, 4) is 11.1 Å². The molecule has 0 saturated carbocycles. The molecule has 12 rings (SSSR count). The predicted octanol–water partition coefficient (Wildman–Crippen LogP) is 15.5. The molecule has 3 heteroatoms. The Morgan fingerprint density at radius 3 is 1.38 bits per heavy atom. The Hall–Kier alpha value is -7.62. The number of benzene rings is 9. The molecule has 0 bridgehead atoms. The molecule has 9 aromatic carbocycles. The van der Waals surface area contributed by atoms with Crippen molar-refractivity contribution in [2.24, 2.45) is 0 Å². The standard InChI is InChI=1S/C58H42N2O/c1-57(2)51-24-12-14-26-53(51)58(54-27-15-13-25-52(54)57)49-23-11-9-21-45(49)48-37-43(34-36-50(48)58)60(44-33-35-47-46-22-10-16-28-55(46)61-56(47)38-44)42-31-29-41(30-32-42)59(39-17-5-3-6-18-39)40-19-7-4-8-20-40/h3-38H,1-2H3. The van der Waals surface area contributed by atoms with Crippen molar-refractivity contribution in [3.05, 3.63) is 252 Å². The highest BCUT2D eigenvalue weighted by molar-refractivity contribution is 6.06. The maximum atomic E-state index is 6.51. The second-order valence-corrected chi connectivity index (χ2v) is 16.9. The van der Waals surface area contributed by atoms with Crippen LogP contribution in [0.4, 0.5) is 34.1 Å². The normalized spacial score (nSPS) is 14.0. The fourth-order valence-electron chi connectivity index (χ4n) is 10.6. The third-order valence-corrected chi connectivity index (χ3v) is 13.3. The average Bonchev–Trinajstić information content (AvgIpc) is 3.83. The van der Waals surface area contributed by atoms with E-state index in [0.717, 1.165) is 56.1 Å². The monoisotopic (exact) mass is 782 g/mol. The summed E-state index contributed by atoms with van der Waals surface area (Å²) in [6.45, 7) is 4.76. The summed E-state index contributed by atoms with van der Waals surface area (Å²) in [5.41, 5.74) is 18.3. The molecule has 61 heavy (non-hydrogen) atoms. The molecule has 0 saturated heterocycles. The number of furan rings is 1. The minimum absolute atomic E-state index is 0.148. The van der Waals surface area contributed by atoms with E-state index in [1.807, 2.05) is 12.1 Å². The Kier molecular flexibility index (Phi) is 7.79. The van der Waals surface area contributed by atoms with Crippen LogP contribution in [-0.4, -0.2) is 0 Å². The highest BCUT2D eigenvalue weighted by Gasteiger charge is 2.53. The van der Waals surface area contributed by atoms with Gasteiger partial charge in [0.2, 0.25) is 0 Å². The summed E-state index contributed by atoms with van der Waals surface area (Å²) in [5.74, 6) is 0. The minimum Gasteiger partial charge on any atom is -0.456 e. The van der Waals surface area contributed by atoms with Gasteiger partial charge in [-0.15, -0.1) is 0 Å². The number of anilines is 6. The maximum Gasteiger partial charge on any atom is 0.137 e. The number of nitrogens with zero attached hydrogens (tertiary/aromatic N) is 2. The SMILES string of the molecule is CC1(C)c2ccccc2C2(c3ccccc3-c3cc(N(c4ccc(N(c5ccccc5)c5ccccc5)cc4)c4ccc5c(c4)oc4ccccc45)ccc32)c2ccccc21. The fraction of sp³-hybridized carbons (Fsp3) is 0.0690. The molecule has 0 atom stereocenters. The van der Waals surface area contributed by atoms with Gasteiger partial charge in [-0.25, -0.2) is 0 Å². The van der Waals surface area contributed by atoms with E-state index in [4.69, 9.17) is 4.42 Å². The molecule has 3 nitrogen and oxygen atoms in total. The Labute approximate surface area is 356 Å². The van der Waals surface area contributed by atoms with Crippen LogP contribution in [0.3, 0.4) is 0 Å². The van der Waals surface area contributed by atoms with Crippen molar-refractivity contribution < 1.29 is 4.42 Å². The molecule has 0 unspecified atom stereocenters. The van der Waals surface area contributed by atoms with Crippen LogP contribution in [0.2, 0.25) is 0 Å². The van der Waals surface area contributed by atoms with E-state index in [0.29, 0.717) is 0 Å². The zero-order valence-electron chi connectivity index (χ0n) is 34.1.